The Bertz CT molecular complexity index is 587. The molecule has 1 heterocycles. The number of benzene rings is 1. The molecule has 0 saturated carbocycles. The molecule has 0 aliphatic carbocycles. The van der Waals surface area contributed by atoms with Crippen LogP contribution in [0.4, 0.5) is 13.2 Å². The average Bonchev–Trinajstić information content (AvgIpc) is 2.85. The molecule has 22 heavy (non-hydrogen) atoms. The minimum Gasteiger partial charge on any atom is -0.382 e. The van der Waals surface area contributed by atoms with E-state index in [1.807, 2.05) is 30.3 Å². The molecule has 0 fully saturated rings. The highest BCUT2D eigenvalue weighted by molar-refractivity contribution is 5.18. The van der Waals surface area contributed by atoms with Gasteiger partial charge in [-0.3, -0.25) is 4.90 Å². The lowest BCUT2D eigenvalue weighted by atomic mass is 10.1. The van der Waals surface area contributed by atoms with E-state index in [1.54, 1.807) is 0 Å². The van der Waals surface area contributed by atoms with E-state index in [2.05, 4.69) is 10.1 Å². The molecule has 1 unspecified atom stereocenters. The molecule has 1 aromatic heterocycles. The van der Waals surface area contributed by atoms with Crippen molar-refractivity contribution < 1.29 is 22.8 Å². The fourth-order valence-electron chi connectivity index (χ4n) is 1.90. The number of aliphatic hydroxyl groups excluding tert-OH is 1. The molecule has 5 nitrogen and oxygen atoms in total. The molecular formula is C14H16F3N3O2. The molecule has 0 aliphatic rings. The molecule has 0 spiro atoms. The minimum atomic E-state index is -4.64. The maximum atomic E-state index is 12.3. The van der Waals surface area contributed by atoms with Crippen LogP contribution < -0.4 is 0 Å². The van der Waals surface area contributed by atoms with Crippen LogP contribution in [-0.2, 0) is 13.0 Å². The first-order valence-corrected chi connectivity index (χ1v) is 6.63. The molecule has 1 N–H and O–H groups in total. The van der Waals surface area contributed by atoms with Crippen LogP contribution in [0.25, 0.3) is 0 Å². The molecule has 8 heteroatoms. The fraction of sp³-hybridized carbons (Fsp3) is 0.429. The number of rotatable bonds is 6. The van der Waals surface area contributed by atoms with Crippen LogP contribution in [0.15, 0.2) is 34.9 Å². The summed E-state index contributed by atoms with van der Waals surface area (Å²) < 4.78 is 41.8. The molecule has 1 aromatic carbocycles. The van der Waals surface area contributed by atoms with E-state index >= 15 is 0 Å². The van der Waals surface area contributed by atoms with Crippen LogP contribution in [0, 0.1) is 0 Å². The predicted molar refractivity (Wildman–Crippen MR) is 71.9 cm³/mol. The van der Waals surface area contributed by atoms with Crippen molar-refractivity contribution in [1.82, 2.24) is 15.0 Å². The van der Waals surface area contributed by atoms with E-state index in [1.165, 1.54) is 11.9 Å². The number of hydrogen-bond donors (Lipinski definition) is 1. The fourth-order valence-corrected chi connectivity index (χ4v) is 1.90. The highest BCUT2D eigenvalue weighted by atomic mass is 19.4. The van der Waals surface area contributed by atoms with Crippen molar-refractivity contribution >= 4 is 0 Å². The zero-order valence-corrected chi connectivity index (χ0v) is 11.9. The number of halogens is 3. The lowest BCUT2D eigenvalue weighted by Gasteiger charge is -2.20. The summed E-state index contributed by atoms with van der Waals surface area (Å²) in [5, 5.41) is 12.8. The van der Waals surface area contributed by atoms with Gasteiger partial charge >= 0.3 is 6.18 Å². The van der Waals surface area contributed by atoms with E-state index in [0.29, 0.717) is 12.2 Å². The minimum absolute atomic E-state index is 0.0366. The summed E-state index contributed by atoms with van der Waals surface area (Å²) in [4.78, 5) is 5.41. The second kappa shape index (κ2) is 6.89. The lowest BCUT2D eigenvalue weighted by molar-refractivity contribution is -0.207. The van der Waals surface area contributed by atoms with Gasteiger partial charge < -0.3 is 9.63 Å². The monoisotopic (exact) mass is 315 g/mol. The summed E-state index contributed by atoms with van der Waals surface area (Å²) in [5.41, 5.74) is 1.01. The number of likely N-dealkylation sites (N-methyl/N-ethyl adjacent to an activating group) is 1. The molecule has 0 aliphatic heterocycles. The number of hydrogen-bond acceptors (Lipinski definition) is 5. The summed E-state index contributed by atoms with van der Waals surface area (Å²) in [6.45, 7) is -0.519. The first kappa shape index (κ1) is 16.4. The maximum Gasteiger partial charge on any atom is 0.415 e. The normalized spacial score (nSPS) is 13.5. The molecule has 2 aromatic rings. The van der Waals surface area contributed by atoms with Gasteiger partial charge in [-0.1, -0.05) is 35.5 Å². The van der Waals surface area contributed by atoms with Crippen LogP contribution in [-0.4, -0.2) is 46.0 Å². The predicted octanol–water partition coefficient (Wildman–Crippen LogP) is 2.02. The Balaban J connectivity index is 1.89. The Kier molecular flexibility index (Phi) is 5.15. The van der Waals surface area contributed by atoms with Crippen molar-refractivity contribution in [2.75, 3.05) is 13.6 Å². The van der Waals surface area contributed by atoms with Crippen molar-refractivity contribution in [2.45, 2.75) is 25.2 Å². The average molecular weight is 315 g/mol. The lowest BCUT2D eigenvalue weighted by Crippen LogP contribution is -2.39. The molecule has 1 atom stereocenters. The Morgan fingerprint density at radius 1 is 1.27 bits per heavy atom. The molecular weight excluding hydrogens is 299 g/mol. The Morgan fingerprint density at radius 2 is 1.95 bits per heavy atom. The van der Waals surface area contributed by atoms with Crippen molar-refractivity contribution in [3.63, 3.8) is 0 Å². The standard InChI is InChI=1S/C14H16F3N3O2/c1-20(8-11(21)14(15,16)17)9-13-18-12(19-22-13)7-10-5-3-2-4-6-10/h2-6,11,21H,7-9H2,1H3. The third-order valence-electron chi connectivity index (χ3n) is 2.98. The van der Waals surface area contributed by atoms with Crippen LogP contribution >= 0.6 is 0 Å². The quantitative estimate of drug-likeness (QED) is 0.883. The van der Waals surface area contributed by atoms with Crippen molar-refractivity contribution in [2.24, 2.45) is 0 Å². The Hall–Kier alpha value is -1.93. The van der Waals surface area contributed by atoms with Gasteiger partial charge in [0.2, 0.25) is 5.89 Å². The van der Waals surface area contributed by atoms with Gasteiger partial charge in [0, 0.05) is 13.0 Å². The van der Waals surface area contributed by atoms with Gasteiger partial charge in [0.15, 0.2) is 11.9 Å². The van der Waals surface area contributed by atoms with Gasteiger partial charge in [0.1, 0.15) is 0 Å². The summed E-state index contributed by atoms with van der Waals surface area (Å²) in [6.07, 6.45) is -6.55. The summed E-state index contributed by atoms with van der Waals surface area (Å²) in [7, 11) is 1.44. The van der Waals surface area contributed by atoms with E-state index in [4.69, 9.17) is 9.63 Å². The summed E-state index contributed by atoms with van der Waals surface area (Å²) >= 11 is 0. The first-order chi connectivity index (χ1) is 10.3. The van der Waals surface area contributed by atoms with Gasteiger partial charge in [-0.05, 0) is 12.6 Å². The zero-order chi connectivity index (χ0) is 16.2. The number of alkyl halides is 3. The molecule has 2 rings (SSSR count). The van der Waals surface area contributed by atoms with E-state index < -0.39 is 18.8 Å². The highest BCUT2D eigenvalue weighted by Gasteiger charge is 2.38. The second-order valence-corrected chi connectivity index (χ2v) is 5.02. The summed E-state index contributed by atoms with van der Waals surface area (Å²) in [5.74, 6) is 0.675. The Morgan fingerprint density at radius 3 is 2.59 bits per heavy atom. The van der Waals surface area contributed by atoms with Crippen molar-refractivity contribution in [3.8, 4) is 0 Å². The molecule has 0 bridgehead atoms. The molecule has 120 valence electrons. The largest absolute Gasteiger partial charge is 0.415 e. The topological polar surface area (TPSA) is 62.4 Å². The maximum absolute atomic E-state index is 12.3. The van der Waals surface area contributed by atoms with Crippen LogP contribution in [0.2, 0.25) is 0 Å². The van der Waals surface area contributed by atoms with Crippen molar-refractivity contribution in [3.05, 3.63) is 47.6 Å². The number of aliphatic hydroxyl groups is 1. The Labute approximate surface area is 125 Å². The molecule has 0 saturated heterocycles. The zero-order valence-electron chi connectivity index (χ0n) is 11.9. The van der Waals surface area contributed by atoms with E-state index in [9.17, 15) is 13.2 Å². The van der Waals surface area contributed by atoms with Gasteiger partial charge in [0.05, 0.1) is 6.54 Å². The van der Waals surface area contributed by atoms with E-state index in [0.717, 1.165) is 5.56 Å². The molecule has 0 amide bonds. The van der Waals surface area contributed by atoms with E-state index in [-0.39, 0.29) is 12.4 Å². The highest BCUT2D eigenvalue weighted by Crippen LogP contribution is 2.20. The molecule has 0 radical (unpaired) electrons. The van der Waals surface area contributed by atoms with Crippen LogP contribution in [0.3, 0.4) is 0 Å². The van der Waals surface area contributed by atoms with Gasteiger partial charge in [-0.15, -0.1) is 0 Å². The van der Waals surface area contributed by atoms with Crippen LogP contribution in [0.1, 0.15) is 17.3 Å². The third-order valence-corrected chi connectivity index (χ3v) is 2.98. The van der Waals surface area contributed by atoms with Gasteiger partial charge in [-0.2, -0.15) is 18.2 Å². The summed E-state index contributed by atoms with van der Waals surface area (Å²) in [6, 6.07) is 9.51. The smallest absolute Gasteiger partial charge is 0.382 e. The second-order valence-electron chi connectivity index (χ2n) is 5.02. The number of aromatic nitrogens is 2. The third kappa shape index (κ3) is 4.81. The van der Waals surface area contributed by atoms with Gasteiger partial charge in [0.25, 0.3) is 0 Å². The van der Waals surface area contributed by atoms with Crippen molar-refractivity contribution in [1.29, 1.82) is 0 Å². The SMILES string of the molecule is CN(Cc1nc(Cc2ccccc2)no1)CC(O)C(F)(F)F. The van der Waals surface area contributed by atoms with Gasteiger partial charge in [-0.25, -0.2) is 0 Å². The number of nitrogens with zero attached hydrogens (tertiary/aromatic N) is 3. The van der Waals surface area contributed by atoms with Crippen LogP contribution in [0.5, 0.6) is 0 Å². The first-order valence-electron chi connectivity index (χ1n) is 6.63.